The smallest absolute Gasteiger partial charge is 0.227 e. The Bertz CT molecular complexity index is 809. The number of rotatable bonds is 7. The minimum Gasteiger partial charge on any atom is -0.370 e. The van der Waals surface area contributed by atoms with Crippen molar-refractivity contribution >= 4 is 11.8 Å². The molecule has 2 aromatic rings. The summed E-state index contributed by atoms with van der Waals surface area (Å²) in [5.41, 5.74) is 4.01. The highest BCUT2D eigenvalue weighted by Crippen LogP contribution is 2.21. The number of hydrogen-bond acceptors (Lipinski definition) is 5. The normalized spacial score (nSPS) is 17.8. The summed E-state index contributed by atoms with van der Waals surface area (Å²) < 4.78 is 0. The first kappa shape index (κ1) is 19.9. The van der Waals surface area contributed by atoms with Gasteiger partial charge in [0.05, 0.1) is 0 Å². The van der Waals surface area contributed by atoms with Gasteiger partial charge in [0.25, 0.3) is 0 Å². The van der Waals surface area contributed by atoms with Gasteiger partial charge in [0, 0.05) is 51.0 Å². The molecular formula is C24H33N5. The van der Waals surface area contributed by atoms with Crippen molar-refractivity contribution in [1.82, 2.24) is 14.9 Å². The molecule has 0 spiro atoms. The summed E-state index contributed by atoms with van der Waals surface area (Å²) in [6, 6.07) is 12.8. The van der Waals surface area contributed by atoms with Crippen LogP contribution in [0.25, 0.3) is 0 Å². The quantitative estimate of drug-likeness (QED) is 0.708. The third-order valence-electron chi connectivity index (χ3n) is 5.88. The number of aryl methyl sites for hydroxylation is 1. The molecule has 0 atom stereocenters. The summed E-state index contributed by atoms with van der Waals surface area (Å²) in [6.07, 6.45) is 8.77. The van der Waals surface area contributed by atoms with Crippen LogP contribution in [0.3, 0.4) is 0 Å². The lowest BCUT2D eigenvalue weighted by Crippen LogP contribution is -2.46. The molecule has 0 amide bonds. The Labute approximate surface area is 174 Å². The summed E-state index contributed by atoms with van der Waals surface area (Å²) in [4.78, 5) is 14.4. The molecule has 4 rings (SSSR count). The van der Waals surface area contributed by atoms with Gasteiger partial charge in [-0.05, 0) is 44.6 Å². The van der Waals surface area contributed by atoms with Crippen LogP contribution in [0.5, 0.6) is 0 Å². The van der Waals surface area contributed by atoms with Gasteiger partial charge in [0.1, 0.15) is 5.82 Å². The van der Waals surface area contributed by atoms with Crippen LogP contribution in [0.1, 0.15) is 43.4 Å². The zero-order valence-electron chi connectivity index (χ0n) is 17.6. The van der Waals surface area contributed by atoms with E-state index >= 15 is 0 Å². The van der Waals surface area contributed by atoms with Crippen LogP contribution in [0, 0.1) is 6.92 Å². The van der Waals surface area contributed by atoms with E-state index in [0.29, 0.717) is 0 Å². The summed E-state index contributed by atoms with van der Waals surface area (Å²) in [5.74, 6) is 1.82. The summed E-state index contributed by atoms with van der Waals surface area (Å²) in [5, 5.41) is 3.52. The number of nitrogens with zero attached hydrogens (tertiary/aromatic N) is 4. The lowest BCUT2D eigenvalue weighted by atomic mass is 9.97. The van der Waals surface area contributed by atoms with Crippen molar-refractivity contribution in [3.05, 3.63) is 59.3 Å². The van der Waals surface area contributed by atoms with Crippen LogP contribution in [-0.2, 0) is 6.54 Å². The molecule has 154 valence electrons. The number of benzene rings is 1. The molecule has 1 aliphatic heterocycles. The fraction of sp³-hybridized carbons (Fsp3) is 0.500. The Kier molecular flexibility index (Phi) is 6.78. The van der Waals surface area contributed by atoms with E-state index in [0.717, 1.165) is 63.1 Å². The van der Waals surface area contributed by atoms with Gasteiger partial charge in [-0.3, -0.25) is 4.90 Å². The summed E-state index contributed by atoms with van der Waals surface area (Å²) in [7, 11) is 0. The van der Waals surface area contributed by atoms with E-state index in [-0.39, 0.29) is 0 Å². The zero-order valence-corrected chi connectivity index (χ0v) is 17.6. The molecule has 2 heterocycles. The van der Waals surface area contributed by atoms with Gasteiger partial charge in [-0.25, -0.2) is 4.98 Å². The second-order valence-corrected chi connectivity index (χ2v) is 8.23. The first-order chi connectivity index (χ1) is 14.3. The second kappa shape index (κ2) is 9.88. The standard InChI is InChI=1S/C24H33N5/c1-20-18-23(25-13-12-21-8-4-2-5-9-21)27-24(26-20)29-16-14-28(15-17-29)19-22-10-6-3-7-11-22/h3,6-8,10-11,18H,2,4-5,9,12-17,19H2,1H3,(H,25,26,27). The fourth-order valence-corrected chi connectivity index (χ4v) is 4.22. The summed E-state index contributed by atoms with van der Waals surface area (Å²) >= 11 is 0. The number of piperazine rings is 1. The molecule has 1 saturated heterocycles. The van der Waals surface area contributed by atoms with E-state index in [1.807, 2.05) is 0 Å². The van der Waals surface area contributed by atoms with Gasteiger partial charge in [-0.2, -0.15) is 4.98 Å². The first-order valence-corrected chi connectivity index (χ1v) is 11.0. The van der Waals surface area contributed by atoms with Crippen LogP contribution in [0.4, 0.5) is 11.8 Å². The monoisotopic (exact) mass is 391 g/mol. The minimum atomic E-state index is 0.865. The van der Waals surface area contributed by atoms with Gasteiger partial charge in [0.15, 0.2) is 0 Å². The zero-order chi connectivity index (χ0) is 19.9. The average Bonchev–Trinajstić information content (AvgIpc) is 2.75. The van der Waals surface area contributed by atoms with Crippen LogP contribution >= 0.6 is 0 Å². The van der Waals surface area contributed by atoms with Crippen molar-refractivity contribution in [3.8, 4) is 0 Å². The number of anilines is 2. The van der Waals surface area contributed by atoms with E-state index in [1.54, 1.807) is 5.57 Å². The molecule has 1 aromatic carbocycles. The molecule has 0 unspecified atom stereocenters. The van der Waals surface area contributed by atoms with E-state index in [1.165, 1.54) is 31.2 Å². The van der Waals surface area contributed by atoms with Gasteiger partial charge < -0.3 is 10.2 Å². The topological polar surface area (TPSA) is 44.3 Å². The van der Waals surface area contributed by atoms with Crippen molar-refractivity contribution < 1.29 is 0 Å². The van der Waals surface area contributed by atoms with Crippen molar-refractivity contribution in [2.45, 2.75) is 45.6 Å². The van der Waals surface area contributed by atoms with E-state index in [9.17, 15) is 0 Å². The molecule has 0 radical (unpaired) electrons. The fourth-order valence-electron chi connectivity index (χ4n) is 4.22. The van der Waals surface area contributed by atoms with Crippen molar-refractivity contribution in [2.24, 2.45) is 0 Å². The molecular weight excluding hydrogens is 358 g/mol. The maximum atomic E-state index is 4.81. The number of aromatic nitrogens is 2. The Morgan fingerprint density at radius 3 is 2.59 bits per heavy atom. The van der Waals surface area contributed by atoms with Crippen molar-refractivity contribution in [3.63, 3.8) is 0 Å². The molecule has 1 aliphatic carbocycles. The number of allylic oxidation sites excluding steroid dienone is 1. The molecule has 29 heavy (non-hydrogen) atoms. The van der Waals surface area contributed by atoms with Crippen molar-refractivity contribution in [1.29, 1.82) is 0 Å². The Morgan fingerprint density at radius 1 is 1.00 bits per heavy atom. The highest BCUT2D eigenvalue weighted by atomic mass is 15.3. The van der Waals surface area contributed by atoms with E-state index < -0.39 is 0 Å². The highest BCUT2D eigenvalue weighted by Gasteiger charge is 2.19. The van der Waals surface area contributed by atoms with E-state index in [4.69, 9.17) is 9.97 Å². The maximum absolute atomic E-state index is 4.81. The molecule has 5 heteroatoms. The predicted molar refractivity (Wildman–Crippen MR) is 120 cm³/mol. The highest BCUT2D eigenvalue weighted by molar-refractivity contribution is 5.44. The molecule has 2 aliphatic rings. The van der Waals surface area contributed by atoms with Gasteiger partial charge in [-0.1, -0.05) is 42.0 Å². The lowest BCUT2D eigenvalue weighted by Gasteiger charge is -2.35. The second-order valence-electron chi connectivity index (χ2n) is 8.23. The van der Waals surface area contributed by atoms with Crippen LogP contribution in [-0.4, -0.2) is 47.6 Å². The average molecular weight is 392 g/mol. The Morgan fingerprint density at radius 2 is 1.83 bits per heavy atom. The Hall–Kier alpha value is -2.40. The molecule has 1 N–H and O–H groups in total. The van der Waals surface area contributed by atoms with Gasteiger partial charge >= 0.3 is 0 Å². The third kappa shape index (κ3) is 5.80. The van der Waals surface area contributed by atoms with Gasteiger partial charge in [-0.15, -0.1) is 0 Å². The summed E-state index contributed by atoms with van der Waals surface area (Å²) in [6.45, 7) is 8.07. The molecule has 1 aromatic heterocycles. The van der Waals surface area contributed by atoms with Crippen LogP contribution in [0.2, 0.25) is 0 Å². The van der Waals surface area contributed by atoms with Crippen LogP contribution < -0.4 is 10.2 Å². The lowest BCUT2D eigenvalue weighted by molar-refractivity contribution is 0.248. The largest absolute Gasteiger partial charge is 0.370 e. The number of nitrogens with one attached hydrogen (secondary N) is 1. The Balaban J connectivity index is 1.30. The SMILES string of the molecule is Cc1cc(NCCC2=CCCCC2)nc(N2CCN(Cc3ccccc3)CC2)n1. The van der Waals surface area contributed by atoms with Crippen LogP contribution in [0.15, 0.2) is 48.0 Å². The van der Waals surface area contributed by atoms with Gasteiger partial charge in [0.2, 0.25) is 5.95 Å². The maximum Gasteiger partial charge on any atom is 0.227 e. The predicted octanol–water partition coefficient (Wildman–Crippen LogP) is 4.41. The van der Waals surface area contributed by atoms with E-state index in [2.05, 4.69) is 64.5 Å². The van der Waals surface area contributed by atoms with Crippen molar-refractivity contribution in [2.75, 3.05) is 42.9 Å². The molecule has 0 bridgehead atoms. The minimum absolute atomic E-state index is 0.865. The molecule has 0 saturated carbocycles. The third-order valence-corrected chi connectivity index (χ3v) is 5.88. The molecule has 1 fully saturated rings. The first-order valence-electron chi connectivity index (χ1n) is 11.0. The number of hydrogen-bond donors (Lipinski definition) is 1. The molecule has 5 nitrogen and oxygen atoms in total.